The molecule has 0 saturated carbocycles. The molecule has 0 amide bonds. The van der Waals surface area contributed by atoms with Crippen molar-refractivity contribution in [3.05, 3.63) is 30.9 Å². The van der Waals surface area contributed by atoms with Gasteiger partial charge in [-0.25, -0.2) is 4.98 Å². The second-order valence-corrected chi connectivity index (χ2v) is 2.56. The number of carbonyl (C=O) groups excluding carboxylic acids is 1. The maximum atomic E-state index is 10.00. The molecule has 1 aromatic heterocycles. The Morgan fingerprint density at radius 3 is 2.92 bits per heavy atom. The fraction of sp³-hybridized carbons (Fsp3) is 0.250. The van der Waals surface area contributed by atoms with Crippen molar-refractivity contribution in [2.24, 2.45) is 0 Å². The van der Waals surface area contributed by atoms with Gasteiger partial charge in [0.2, 0.25) is 0 Å². The Bertz CT molecular complexity index is 275. The number of aromatic nitrogens is 2. The van der Waals surface area contributed by atoms with Crippen LogP contribution < -0.4 is 0 Å². The molecule has 0 radical (unpaired) electrons. The highest BCUT2D eigenvalue weighted by atomic mass is 16.3. The maximum Gasteiger partial charge on any atom is 0.159 e. The second-order valence-electron chi connectivity index (χ2n) is 2.56. The Labute approximate surface area is 70.2 Å². The van der Waals surface area contributed by atoms with E-state index in [0.29, 0.717) is 6.29 Å². The van der Waals surface area contributed by atoms with Crippen LogP contribution in [0.5, 0.6) is 0 Å². The lowest BCUT2D eigenvalue weighted by atomic mass is 10.2. The molecule has 64 valence electrons. The zero-order valence-corrected chi connectivity index (χ0v) is 6.71. The van der Waals surface area contributed by atoms with Gasteiger partial charge in [0.15, 0.2) is 5.72 Å². The molecule has 0 spiro atoms. The largest absolute Gasteiger partial charge is 0.367 e. The van der Waals surface area contributed by atoms with Gasteiger partial charge in [-0.15, -0.1) is 0 Å². The van der Waals surface area contributed by atoms with Crippen LogP contribution in [0, 0.1) is 0 Å². The van der Waals surface area contributed by atoms with E-state index in [1.807, 2.05) is 0 Å². The molecule has 4 heteroatoms. The molecule has 1 rings (SSSR count). The third-order valence-electron chi connectivity index (χ3n) is 1.52. The quantitative estimate of drug-likeness (QED) is 0.519. The van der Waals surface area contributed by atoms with Crippen molar-refractivity contribution in [2.45, 2.75) is 12.6 Å². The van der Waals surface area contributed by atoms with E-state index in [4.69, 9.17) is 0 Å². The van der Waals surface area contributed by atoms with Crippen molar-refractivity contribution in [1.82, 2.24) is 9.55 Å². The summed E-state index contributed by atoms with van der Waals surface area (Å²) in [6, 6.07) is 0. The Kier molecular flexibility index (Phi) is 2.40. The van der Waals surface area contributed by atoms with Crippen molar-refractivity contribution in [3.63, 3.8) is 0 Å². The van der Waals surface area contributed by atoms with E-state index in [9.17, 15) is 9.90 Å². The summed E-state index contributed by atoms with van der Waals surface area (Å²) in [6.07, 6.45) is 7.92. The topological polar surface area (TPSA) is 55.1 Å². The van der Waals surface area contributed by atoms with Gasteiger partial charge in [-0.1, -0.05) is 0 Å². The molecule has 0 aromatic carbocycles. The van der Waals surface area contributed by atoms with Crippen LogP contribution in [-0.2, 0) is 10.5 Å². The Balaban J connectivity index is 2.86. The first-order valence-corrected chi connectivity index (χ1v) is 3.50. The van der Waals surface area contributed by atoms with Crippen LogP contribution in [0.4, 0.5) is 0 Å². The van der Waals surface area contributed by atoms with E-state index >= 15 is 0 Å². The monoisotopic (exact) mass is 166 g/mol. The fourth-order valence-electron chi connectivity index (χ4n) is 0.835. The summed E-state index contributed by atoms with van der Waals surface area (Å²) in [7, 11) is 0. The molecule has 0 bridgehead atoms. The minimum Gasteiger partial charge on any atom is -0.367 e. The number of nitrogens with zero attached hydrogens (tertiary/aromatic N) is 2. The van der Waals surface area contributed by atoms with Crippen LogP contribution in [0.3, 0.4) is 0 Å². The maximum absolute atomic E-state index is 10.00. The summed E-state index contributed by atoms with van der Waals surface area (Å²) in [5.41, 5.74) is -1.18. The van der Waals surface area contributed by atoms with E-state index in [1.165, 1.54) is 23.0 Å². The summed E-state index contributed by atoms with van der Waals surface area (Å²) in [5.74, 6) is 0. The smallest absolute Gasteiger partial charge is 0.159 e. The lowest BCUT2D eigenvalue weighted by Crippen LogP contribution is -2.25. The lowest BCUT2D eigenvalue weighted by Gasteiger charge is -2.19. The SMILES string of the molecule is CC(O)(/C=C\C=O)n1ccnc1. The van der Waals surface area contributed by atoms with Gasteiger partial charge >= 0.3 is 0 Å². The van der Waals surface area contributed by atoms with Crippen LogP contribution in [0.25, 0.3) is 0 Å². The molecule has 0 aliphatic carbocycles. The molecular weight excluding hydrogens is 156 g/mol. The lowest BCUT2D eigenvalue weighted by molar-refractivity contribution is -0.104. The van der Waals surface area contributed by atoms with Crippen molar-refractivity contribution in [2.75, 3.05) is 0 Å². The van der Waals surface area contributed by atoms with Crippen LogP contribution in [0.15, 0.2) is 30.9 Å². The van der Waals surface area contributed by atoms with Gasteiger partial charge in [0, 0.05) is 12.4 Å². The van der Waals surface area contributed by atoms with Crippen molar-refractivity contribution >= 4 is 6.29 Å². The van der Waals surface area contributed by atoms with Gasteiger partial charge < -0.3 is 9.67 Å². The van der Waals surface area contributed by atoms with Crippen molar-refractivity contribution < 1.29 is 9.90 Å². The first kappa shape index (κ1) is 8.67. The van der Waals surface area contributed by atoms with Crippen molar-refractivity contribution in [3.8, 4) is 0 Å². The Morgan fingerprint density at radius 1 is 1.67 bits per heavy atom. The minimum absolute atomic E-state index is 0.616. The van der Waals surface area contributed by atoms with Crippen LogP contribution in [0.2, 0.25) is 0 Å². The predicted molar refractivity (Wildman–Crippen MR) is 43.3 cm³/mol. The number of hydrogen-bond donors (Lipinski definition) is 1. The molecule has 1 unspecified atom stereocenters. The number of aliphatic hydroxyl groups is 1. The highest BCUT2D eigenvalue weighted by Gasteiger charge is 2.16. The first-order chi connectivity index (χ1) is 5.67. The standard InChI is InChI=1S/C8H10N2O2/c1-8(12,3-2-6-11)10-5-4-9-7-10/h2-7,12H,1H3/b3-2-. The van der Waals surface area contributed by atoms with Crippen LogP contribution >= 0.6 is 0 Å². The van der Waals surface area contributed by atoms with Gasteiger partial charge in [0.1, 0.15) is 6.29 Å². The minimum atomic E-state index is -1.18. The summed E-state index contributed by atoms with van der Waals surface area (Å²) in [5, 5.41) is 9.68. The number of hydrogen-bond acceptors (Lipinski definition) is 3. The van der Waals surface area contributed by atoms with E-state index in [0.717, 1.165) is 0 Å². The molecule has 1 N–H and O–H groups in total. The predicted octanol–water partition coefficient (Wildman–Crippen LogP) is 0.303. The summed E-state index contributed by atoms with van der Waals surface area (Å²) in [4.78, 5) is 13.8. The van der Waals surface area contributed by atoms with Crippen LogP contribution in [0.1, 0.15) is 6.92 Å². The third-order valence-corrected chi connectivity index (χ3v) is 1.52. The molecule has 1 heterocycles. The van der Waals surface area contributed by atoms with Gasteiger partial charge in [-0.3, -0.25) is 4.79 Å². The number of imidazole rings is 1. The van der Waals surface area contributed by atoms with E-state index in [1.54, 1.807) is 19.3 Å². The summed E-state index contributed by atoms with van der Waals surface area (Å²) < 4.78 is 1.49. The van der Waals surface area contributed by atoms with Crippen LogP contribution in [-0.4, -0.2) is 20.9 Å². The first-order valence-electron chi connectivity index (χ1n) is 3.50. The third kappa shape index (κ3) is 1.79. The molecule has 1 atom stereocenters. The number of aldehydes is 1. The fourth-order valence-corrected chi connectivity index (χ4v) is 0.835. The zero-order valence-electron chi connectivity index (χ0n) is 6.71. The molecule has 1 aromatic rings. The highest BCUT2D eigenvalue weighted by molar-refractivity contribution is 5.64. The zero-order chi connectivity index (χ0) is 9.03. The number of carbonyl (C=O) groups is 1. The molecular formula is C8H10N2O2. The summed E-state index contributed by atoms with van der Waals surface area (Å²) in [6.45, 7) is 1.56. The average molecular weight is 166 g/mol. The van der Waals surface area contributed by atoms with E-state index in [-0.39, 0.29) is 0 Å². The second kappa shape index (κ2) is 3.32. The summed E-state index contributed by atoms with van der Waals surface area (Å²) >= 11 is 0. The normalized spacial score (nSPS) is 16.2. The Morgan fingerprint density at radius 2 is 2.42 bits per heavy atom. The highest BCUT2D eigenvalue weighted by Crippen LogP contribution is 2.11. The molecule has 12 heavy (non-hydrogen) atoms. The van der Waals surface area contributed by atoms with Gasteiger partial charge in [-0.2, -0.15) is 0 Å². The van der Waals surface area contributed by atoms with Crippen molar-refractivity contribution in [1.29, 1.82) is 0 Å². The molecule has 0 aliphatic heterocycles. The van der Waals surface area contributed by atoms with E-state index in [2.05, 4.69) is 4.98 Å². The van der Waals surface area contributed by atoms with Gasteiger partial charge in [-0.05, 0) is 19.1 Å². The average Bonchev–Trinajstić information content (AvgIpc) is 2.53. The Hall–Kier alpha value is -1.42. The number of allylic oxidation sites excluding steroid dienone is 1. The number of rotatable bonds is 3. The molecule has 0 saturated heterocycles. The van der Waals surface area contributed by atoms with Gasteiger partial charge in [0.05, 0.1) is 6.33 Å². The van der Waals surface area contributed by atoms with E-state index < -0.39 is 5.72 Å². The van der Waals surface area contributed by atoms with Gasteiger partial charge in [0.25, 0.3) is 0 Å². The molecule has 4 nitrogen and oxygen atoms in total. The molecule has 0 aliphatic rings. The molecule has 0 fully saturated rings.